The van der Waals surface area contributed by atoms with Gasteiger partial charge in [-0.15, -0.1) is 0 Å². The van der Waals surface area contributed by atoms with Crippen LogP contribution in [0.15, 0.2) is 42.5 Å². The van der Waals surface area contributed by atoms with E-state index in [2.05, 4.69) is 27.8 Å². The Morgan fingerprint density at radius 3 is 2.59 bits per heavy atom. The molecule has 0 atom stereocenters. The number of piperidine rings is 1. The highest BCUT2D eigenvalue weighted by Crippen LogP contribution is 2.29. The molecule has 2 aromatic rings. The molecule has 0 unspecified atom stereocenters. The number of urea groups is 1. The second-order valence-electron chi connectivity index (χ2n) is 8.51. The van der Waals surface area contributed by atoms with Gasteiger partial charge >= 0.3 is 6.03 Å². The minimum absolute atomic E-state index is 0.157. The van der Waals surface area contributed by atoms with Crippen molar-refractivity contribution in [1.82, 2.24) is 5.32 Å². The van der Waals surface area contributed by atoms with Gasteiger partial charge in [0, 0.05) is 44.7 Å². The van der Waals surface area contributed by atoms with Gasteiger partial charge in [-0.2, -0.15) is 0 Å². The second-order valence-corrected chi connectivity index (χ2v) is 8.51. The molecule has 3 amide bonds. The van der Waals surface area contributed by atoms with Crippen molar-refractivity contribution < 1.29 is 19.1 Å². The molecular formula is C26H36N4O4. The fourth-order valence-electron chi connectivity index (χ4n) is 3.97. The summed E-state index contributed by atoms with van der Waals surface area (Å²) in [7, 11) is 1.64. The summed E-state index contributed by atoms with van der Waals surface area (Å²) in [6.07, 6.45) is 2.92. The normalized spacial score (nSPS) is 13.9. The summed E-state index contributed by atoms with van der Waals surface area (Å²) in [6.45, 7) is 7.58. The van der Waals surface area contributed by atoms with Crippen molar-refractivity contribution in [2.75, 3.05) is 55.5 Å². The number of anilines is 3. The molecular weight excluding hydrogens is 432 g/mol. The van der Waals surface area contributed by atoms with Crippen LogP contribution in [0.4, 0.5) is 21.9 Å². The number of carbonyl (C=O) groups is 2. The second kappa shape index (κ2) is 12.8. The number of nitrogens with zero attached hydrogens (tertiary/aromatic N) is 1. The van der Waals surface area contributed by atoms with Crippen LogP contribution in [0.1, 0.15) is 43.5 Å². The van der Waals surface area contributed by atoms with Crippen LogP contribution in [0.5, 0.6) is 5.75 Å². The summed E-state index contributed by atoms with van der Waals surface area (Å²) >= 11 is 0. The predicted octanol–water partition coefficient (Wildman–Crippen LogP) is 4.73. The van der Waals surface area contributed by atoms with E-state index in [-0.39, 0.29) is 5.91 Å². The summed E-state index contributed by atoms with van der Waals surface area (Å²) in [5.41, 5.74) is 2.57. The maximum Gasteiger partial charge on any atom is 0.323 e. The van der Waals surface area contributed by atoms with E-state index in [1.807, 2.05) is 31.2 Å². The predicted molar refractivity (Wildman–Crippen MR) is 136 cm³/mol. The standard InChI is InChI=1S/C26H36N4O4/c1-4-34-24-9-6-5-8-22(24)29-26(32)28-20-10-11-23(30-15-12-19(2)13-16-30)21(18-20)25(31)27-14-7-17-33-3/h5-6,8-11,18-19H,4,7,12-17H2,1-3H3,(H,27,31)(H2,28,29,32). The minimum atomic E-state index is -0.404. The molecule has 0 saturated carbocycles. The first kappa shape index (κ1) is 25.4. The molecule has 184 valence electrons. The van der Waals surface area contributed by atoms with E-state index in [1.54, 1.807) is 25.3 Å². The third kappa shape index (κ3) is 7.12. The Labute approximate surface area is 202 Å². The molecule has 8 nitrogen and oxygen atoms in total. The Morgan fingerprint density at radius 2 is 1.85 bits per heavy atom. The largest absolute Gasteiger partial charge is 0.492 e. The van der Waals surface area contributed by atoms with E-state index in [0.717, 1.165) is 38.0 Å². The average molecular weight is 469 g/mol. The van der Waals surface area contributed by atoms with E-state index in [1.165, 1.54) is 0 Å². The zero-order valence-corrected chi connectivity index (χ0v) is 20.4. The van der Waals surface area contributed by atoms with Crippen LogP contribution in [0.25, 0.3) is 0 Å². The highest BCUT2D eigenvalue weighted by molar-refractivity contribution is 6.04. The van der Waals surface area contributed by atoms with Gasteiger partial charge in [0.1, 0.15) is 5.75 Å². The fraction of sp³-hybridized carbons (Fsp3) is 0.462. The SMILES string of the molecule is CCOc1ccccc1NC(=O)Nc1ccc(N2CCC(C)CC2)c(C(=O)NCCCOC)c1. The topological polar surface area (TPSA) is 91.9 Å². The zero-order chi connectivity index (χ0) is 24.3. The number of hydrogen-bond acceptors (Lipinski definition) is 5. The van der Waals surface area contributed by atoms with Crippen LogP contribution in [-0.2, 0) is 4.74 Å². The first-order valence-electron chi connectivity index (χ1n) is 12.0. The Morgan fingerprint density at radius 1 is 1.09 bits per heavy atom. The summed E-state index contributed by atoms with van der Waals surface area (Å²) < 4.78 is 10.6. The third-order valence-electron chi connectivity index (χ3n) is 5.87. The van der Waals surface area contributed by atoms with Crippen molar-refractivity contribution in [2.24, 2.45) is 5.92 Å². The number of amides is 3. The van der Waals surface area contributed by atoms with Gasteiger partial charge in [-0.25, -0.2) is 4.79 Å². The lowest BCUT2D eigenvalue weighted by molar-refractivity contribution is 0.0949. The quantitative estimate of drug-likeness (QED) is 0.439. The summed E-state index contributed by atoms with van der Waals surface area (Å²) in [5, 5.41) is 8.64. The number of ether oxygens (including phenoxy) is 2. The Kier molecular flexibility index (Phi) is 9.58. The number of methoxy groups -OCH3 is 1. The van der Waals surface area contributed by atoms with Gasteiger partial charge in [-0.05, 0) is 62.4 Å². The van der Waals surface area contributed by atoms with E-state index in [4.69, 9.17) is 9.47 Å². The van der Waals surface area contributed by atoms with Crippen molar-refractivity contribution in [3.8, 4) is 5.75 Å². The van der Waals surface area contributed by atoms with Gasteiger partial charge in [0.15, 0.2) is 0 Å². The average Bonchev–Trinajstić information content (AvgIpc) is 2.83. The summed E-state index contributed by atoms with van der Waals surface area (Å²) in [4.78, 5) is 28.0. The van der Waals surface area contributed by atoms with Crippen LogP contribution in [0.2, 0.25) is 0 Å². The number of benzene rings is 2. The molecule has 1 saturated heterocycles. The lowest BCUT2D eigenvalue weighted by Crippen LogP contribution is -2.35. The van der Waals surface area contributed by atoms with Crippen molar-refractivity contribution in [1.29, 1.82) is 0 Å². The summed E-state index contributed by atoms with van der Waals surface area (Å²) in [6, 6.07) is 12.4. The van der Waals surface area contributed by atoms with Crippen LogP contribution in [0, 0.1) is 5.92 Å². The lowest BCUT2D eigenvalue weighted by atomic mass is 9.98. The smallest absolute Gasteiger partial charge is 0.323 e. The summed E-state index contributed by atoms with van der Waals surface area (Å²) in [5.74, 6) is 1.13. The van der Waals surface area contributed by atoms with Crippen molar-refractivity contribution in [2.45, 2.75) is 33.1 Å². The molecule has 8 heteroatoms. The maximum absolute atomic E-state index is 13.1. The molecule has 0 aliphatic carbocycles. The number of rotatable bonds is 10. The fourth-order valence-corrected chi connectivity index (χ4v) is 3.97. The van der Waals surface area contributed by atoms with Crippen LogP contribution >= 0.6 is 0 Å². The van der Waals surface area contributed by atoms with Crippen LogP contribution in [0.3, 0.4) is 0 Å². The Hall–Kier alpha value is -3.26. The molecule has 2 aromatic carbocycles. The highest BCUT2D eigenvalue weighted by Gasteiger charge is 2.22. The highest BCUT2D eigenvalue weighted by atomic mass is 16.5. The lowest BCUT2D eigenvalue weighted by Gasteiger charge is -2.33. The molecule has 0 radical (unpaired) electrons. The molecule has 0 bridgehead atoms. The maximum atomic E-state index is 13.1. The van der Waals surface area contributed by atoms with Gasteiger partial charge in [-0.1, -0.05) is 19.1 Å². The number of para-hydroxylation sites is 2. The molecule has 34 heavy (non-hydrogen) atoms. The molecule has 0 spiro atoms. The van der Waals surface area contributed by atoms with Crippen molar-refractivity contribution >= 4 is 29.0 Å². The van der Waals surface area contributed by atoms with E-state index in [0.29, 0.717) is 48.4 Å². The van der Waals surface area contributed by atoms with E-state index in [9.17, 15) is 9.59 Å². The monoisotopic (exact) mass is 468 g/mol. The van der Waals surface area contributed by atoms with Gasteiger partial charge in [0.25, 0.3) is 5.91 Å². The molecule has 3 N–H and O–H groups in total. The van der Waals surface area contributed by atoms with Gasteiger partial charge in [0.05, 0.1) is 17.9 Å². The van der Waals surface area contributed by atoms with Crippen molar-refractivity contribution in [3.05, 3.63) is 48.0 Å². The Bertz CT molecular complexity index is 958. The number of nitrogens with one attached hydrogen (secondary N) is 3. The molecule has 1 aliphatic heterocycles. The van der Waals surface area contributed by atoms with Crippen LogP contribution in [-0.4, -0.2) is 51.9 Å². The molecule has 1 heterocycles. The Balaban J connectivity index is 1.75. The minimum Gasteiger partial charge on any atom is -0.492 e. The molecule has 0 aromatic heterocycles. The van der Waals surface area contributed by atoms with Gasteiger partial charge in [0.2, 0.25) is 0 Å². The van der Waals surface area contributed by atoms with E-state index < -0.39 is 6.03 Å². The molecule has 1 fully saturated rings. The van der Waals surface area contributed by atoms with Crippen molar-refractivity contribution in [3.63, 3.8) is 0 Å². The first-order valence-corrected chi connectivity index (χ1v) is 12.0. The van der Waals surface area contributed by atoms with E-state index >= 15 is 0 Å². The van der Waals surface area contributed by atoms with Crippen LogP contribution < -0.4 is 25.6 Å². The number of carbonyl (C=O) groups excluding carboxylic acids is 2. The molecule has 3 rings (SSSR count). The zero-order valence-electron chi connectivity index (χ0n) is 20.4. The van der Waals surface area contributed by atoms with Gasteiger partial charge in [-0.3, -0.25) is 4.79 Å². The molecule has 1 aliphatic rings. The third-order valence-corrected chi connectivity index (χ3v) is 5.87. The van der Waals surface area contributed by atoms with Gasteiger partial charge < -0.3 is 30.3 Å². The number of hydrogen-bond donors (Lipinski definition) is 3. The first-order chi connectivity index (χ1) is 16.5.